The van der Waals surface area contributed by atoms with E-state index < -0.39 is 23.8 Å². The number of thioether (sulfide) groups is 1. The molecule has 27 heavy (non-hydrogen) atoms. The summed E-state index contributed by atoms with van der Waals surface area (Å²) >= 11 is 2.41. The van der Waals surface area contributed by atoms with E-state index in [0.717, 1.165) is 16.3 Å². The number of nitrogens with one attached hydrogen (secondary N) is 1. The molecular formula is C14H16N6O5S2. The smallest absolute Gasteiger partial charge is 0.355 e. The second kappa shape index (κ2) is 7.54. The molecule has 1 saturated heterocycles. The third-order valence-corrected chi connectivity index (χ3v) is 5.39. The molecule has 3 heterocycles. The Kier molecular flexibility index (Phi) is 5.34. The Morgan fingerprint density at radius 3 is 2.85 bits per heavy atom. The second-order valence-corrected chi connectivity index (χ2v) is 7.29. The monoisotopic (exact) mass is 412 g/mol. The van der Waals surface area contributed by atoms with Crippen LogP contribution in [0.2, 0.25) is 0 Å². The highest BCUT2D eigenvalue weighted by atomic mass is 32.2. The first-order chi connectivity index (χ1) is 12.9. The van der Waals surface area contributed by atoms with Gasteiger partial charge in [-0.05, 0) is 6.26 Å². The van der Waals surface area contributed by atoms with Gasteiger partial charge in [-0.3, -0.25) is 9.59 Å². The maximum atomic E-state index is 12.7. The van der Waals surface area contributed by atoms with Gasteiger partial charge in [-0.2, -0.15) is 0 Å². The number of carboxylic acid groups (broad SMARTS) is 1. The van der Waals surface area contributed by atoms with Crippen LogP contribution >= 0.6 is 23.1 Å². The lowest BCUT2D eigenvalue weighted by molar-refractivity contribution is -0.143. The molecule has 0 aromatic carbocycles. The number of hydrazine groups is 1. The molecule has 144 valence electrons. The van der Waals surface area contributed by atoms with Gasteiger partial charge in [0.25, 0.3) is 11.8 Å². The number of nitrogens with two attached hydrogens (primary N) is 1. The molecule has 13 heteroatoms. The van der Waals surface area contributed by atoms with Gasteiger partial charge < -0.3 is 21.0 Å². The molecule has 2 aliphatic rings. The first kappa shape index (κ1) is 19.1. The minimum absolute atomic E-state index is 0.0812. The third kappa shape index (κ3) is 3.48. The molecule has 3 rings (SSSR count). The Hall–Kier alpha value is -2.64. The van der Waals surface area contributed by atoms with Crippen LogP contribution in [0.3, 0.4) is 0 Å². The molecule has 0 radical (unpaired) electrons. The Morgan fingerprint density at radius 1 is 1.56 bits per heavy atom. The number of aliphatic carboxylic acids is 1. The zero-order chi connectivity index (χ0) is 19.7. The molecule has 0 saturated carbocycles. The molecule has 0 spiro atoms. The van der Waals surface area contributed by atoms with Crippen LogP contribution in [0.15, 0.2) is 21.1 Å². The number of hydrogen-bond donors (Lipinski definition) is 3. The van der Waals surface area contributed by atoms with Crippen LogP contribution in [0.5, 0.6) is 0 Å². The number of hydrogen-bond acceptors (Lipinski definition) is 10. The molecule has 11 nitrogen and oxygen atoms in total. The normalized spacial score (nSPS) is 20.2. The molecule has 2 aliphatic heterocycles. The van der Waals surface area contributed by atoms with E-state index in [9.17, 15) is 19.5 Å². The van der Waals surface area contributed by atoms with E-state index in [2.05, 4.69) is 20.3 Å². The number of carboxylic acids is 1. The number of anilines is 1. The van der Waals surface area contributed by atoms with E-state index in [0.29, 0.717) is 11.4 Å². The second-order valence-electron chi connectivity index (χ2n) is 5.50. The van der Waals surface area contributed by atoms with E-state index in [1.807, 2.05) is 0 Å². The van der Waals surface area contributed by atoms with Crippen molar-refractivity contribution in [2.75, 3.05) is 32.2 Å². The Labute approximate surface area is 161 Å². The fourth-order valence-electron chi connectivity index (χ4n) is 2.80. The van der Waals surface area contributed by atoms with Crippen LogP contribution in [0.4, 0.5) is 5.13 Å². The van der Waals surface area contributed by atoms with Crippen LogP contribution in [-0.2, 0) is 19.2 Å². The molecule has 1 atom stereocenters. The van der Waals surface area contributed by atoms with Crippen LogP contribution in [0, 0.1) is 0 Å². The largest absolute Gasteiger partial charge is 0.476 e. The molecular weight excluding hydrogens is 396 g/mol. The summed E-state index contributed by atoms with van der Waals surface area (Å²) in [5.41, 5.74) is 5.59. The number of amides is 2. The van der Waals surface area contributed by atoms with E-state index in [4.69, 9.17) is 5.73 Å². The van der Waals surface area contributed by atoms with Gasteiger partial charge in [0.15, 0.2) is 16.5 Å². The highest BCUT2D eigenvalue weighted by Gasteiger charge is 2.48. The topological polar surface area (TPSA) is 150 Å². The summed E-state index contributed by atoms with van der Waals surface area (Å²) in [6.45, 7) is 0.438. The summed E-state index contributed by atoms with van der Waals surface area (Å²) in [5.74, 6) is -2.39. The zero-order valence-electron chi connectivity index (χ0n) is 14.3. The maximum absolute atomic E-state index is 12.7. The van der Waals surface area contributed by atoms with Gasteiger partial charge in [0.05, 0.1) is 6.54 Å². The van der Waals surface area contributed by atoms with Crippen LogP contribution in [-0.4, -0.2) is 76.1 Å². The lowest BCUT2D eigenvalue weighted by Crippen LogP contribution is -2.46. The van der Waals surface area contributed by atoms with Gasteiger partial charge in [-0.15, -0.1) is 23.1 Å². The van der Waals surface area contributed by atoms with Gasteiger partial charge >= 0.3 is 5.97 Å². The third-order valence-electron chi connectivity index (χ3n) is 3.90. The minimum atomic E-state index is -1.19. The first-order valence-electron chi connectivity index (χ1n) is 7.60. The van der Waals surface area contributed by atoms with Crippen molar-refractivity contribution in [1.82, 2.24) is 20.3 Å². The Balaban J connectivity index is 1.78. The summed E-state index contributed by atoms with van der Waals surface area (Å²) in [6.07, 6.45) is 1.75. The molecule has 2 amide bonds. The highest BCUT2D eigenvalue weighted by molar-refractivity contribution is 8.02. The van der Waals surface area contributed by atoms with E-state index in [1.165, 1.54) is 18.9 Å². The summed E-state index contributed by atoms with van der Waals surface area (Å²) in [7, 11) is 1.28. The van der Waals surface area contributed by atoms with Gasteiger partial charge in [-0.1, -0.05) is 5.16 Å². The summed E-state index contributed by atoms with van der Waals surface area (Å²) in [4.78, 5) is 46.1. The van der Waals surface area contributed by atoms with Crippen molar-refractivity contribution in [2.45, 2.75) is 6.04 Å². The first-order valence-corrected chi connectivity index (χ1v) is 9.70. The van der Waals surface area contributed by atoms with Crippen molar-refractivity contribution < 1.29 is 24.3 Å². The number of rotatable bonds is 6. The summed E-state index contributed by atoms with van der Waals surface area (Å²) in [6, 6.07) is -0.923. The number of thiazole rings is 1. The van der Waals surface area contributed by atoms with Crippen molar-refractivity contribution in [3.05, 3.63) is 21.7 Å². The fourth-order valence-corrected chi connectivity index (χ4v) is 3.99. The standard InChI is InChI=1S/C14H16N6O5S2/c1-25-18-9(7-5-27-14(15)17-7)11(21)16-6-3-19-4-8(26-2)10(13(23)24)20(19)12(6)22/h5-6H,3-4H2,1-2H3,(H2,15,17)(H,16,21)(H,23,24)/b18-9-/t6-/m0/s1. The number of carbonyl (C=O) groups is 3. The predicted molar refractivity (Wildman–Crippen MR) is 98.6 cm³/mol. The van der Waals surface area contributed by atoms with Crippen molar-refractivity contribution in [1.29, 1.82) is 0 Å². The maximum Gasteiger partial charge on any atom is 0.355 e. The molecule has 1 aromatic rings. The van der Waals surface area contributed by atoms with Gasteiger partial charge in [-0.25, -0.2) is 19.8 Å². The van der Waals surface area contributed by atoms with Gasteiger partial charge in [0.1, 0.15) is 18.8 Å². The Morgan fingerprint density at radius 2 is 2.30 bits per heavy atom. The molecule has 0 bridgehead atoms. The quantitative estimate of drug-likeness (QED) is 0.407. The zero-order valence-corrected chi connectivity index (χ0v) is 16.0. The Bertz CT molecular complexity index is 866. The number of carbonyl (C=O) groups excluding carboxylic acids is 2. The summed E-state index contributed by atoms with van der Waals surface area (Å²) in [5, 5.41) is 20.1. The molecule has 0 unspecified atom stereocenters. The molecule has 1 aromatic heterocycles. The minimum Gasteiger partial charge on any atom is -0.476 e. The number of nitrogens with zero attached hydrogens (tertiary/aromatic N) is 4. The molecule has 1 fully saturated rings. The van der Waals surface area contributed by atoms with Crippen molar-refractivity contribution in [2.24, 2.45) is 5.16 Å². The van der Waals surface area contributed by atoms with Crippen LogP contribution < -0.4 is 11.1 Å². The highest BCUT2D eigenvalue weighted by Crippen LogP contribution is 2.33. The average Bonchev–Trinajstić information content (AvgIpc) is 3.28. The lowest BCUT2D eigenvalue weighted by Gasteiger charge is -2.18. The molecule has 0 aliphatic carbocycles. The van der Waals surface area contributed by atoms with Crippen LogP contribution in [0.25, 0.3) is 0 Å². The van der Waals surface area contributed by atoms with Crippen molar-refractivity contribution in [3.63, 3.8) is 0 Å². The lowest BCUT2D eigenvalue weighted by atomic mass is 10.2. The van der Waals surface area contributed by atoms with E-state index >= 15 is 0 Å². The van der Waals surface area contributed by atoms with Gasteiger partial charge in [0.2, 0.25) is 0 Å². The average molecular weight is 412 g/mol. The fraction of sp³-hybridized carbons (Fsp3) is 0.357. The predicted octanol–water partition coefficient (Wildman–Crippen LogP) is -0.707. The van der Waals surface area contributed by atoms with Crippen molar-refractivity contribution in [3.8, 4) is 0 Å². The number of oxime groups is 1. The van der Waals surface area contributed by atoms with E-state index in [-0.39, 0.29) is 28.8 Å². The van der Waals surface area contributed by atoms with Crippen molar-refractivity contribution >= 4 is 51.7 Å². The van der Waals surface area contributed by atoms with Crippen LogP contribution in [0.1, 0.15) is 5.69 Å². The number of nitrogen functional groups attached to an aromatic ring is 1. The van der Waals surface area contributed by atoms with Gasteiger partial charge in [0, 0.05) is 16.8 Å². The van der Waals surface area contributed by atoms with E-state index in [1.54, 1.807) is 16.6 Å². The summed E-state index contributed by atoms with van der Waals surface area (Å²) < 4.78 is 0. The number of fused-ring (bicyclic) bond motifs is 1. The SMILES string of the molecule is CO/N=C(\C(=O)N[C@H]1CN2CC(SC)=C(C(=O)O)N2C1=O)c1csc(N)n1. The number of aromatic nitrogens is 1. The molecule has 4 N–H and O–H groups in total.